The molecule has 0 atom stereocenters. The maximum absolute atomic E-state index is 12.4. The monoisotopic (exact) mass is 394 g/mol. The summed E-state index contributed by atoms with van der Waals surface area (Å²) in [5.74, 6) is -0.126. The molecule has 0 aliphatic rings. The molecule has 0 spiro atoms. The number of halogens is 1. The van der Waals surface area contributed by atoms with Gasteiger partial charge in [0, 0.05) is 30.2 Å². The van der Waals surface area contributed by atoms with Crippen molar-refractivity contribution >= 4 is 33.2 Å². The first-order valence-corrected chi connectivity index (χ1v) is 10.3. The van der Waals surface area contributed by atoms with Crippen LogP contribution in [0.3, 0.4) is 0 Å². The van der Waals surface area contributed by atoms with Crippen LogP contribution in [-0.2, 0) is 21.2 Å². The average molecular weight is 395 g/mol. The Hall–Kier alpha value is -1.89. The van der Waals surface area contributed by atoms with Crippen molar-refractivity contribution in [2.24, 2.45) is 0 Å². The van der Waals surface area contributed by atoms with Gasteiger partial charge < -0.3 is 5.32 Å². The van der Waals surface area contributed by atoms with E-state index in [4.69, 9.17) is 11.6 Å². The van der Waals surface area contributed by atoms with Crippen LogP contribution >= 0.6 is 11.6 Å². The van der Waals surface area contributed by atoms with Gasteiger partial charge in [-0.2, -0.15) is 4.31 Å². The van der Waals surface area contributed by atoms with Gasteiger partial charge in [0.05, 0.1) is 4.90 Å². The molecule has 7 heteroatoms. The van der Waals surface area contributed by atoms with Gasteiger partial charge in [-0.15, -0.1) is 0 Å². The second kappa shape index (κ2) is 9.16. The predicted molar refractivity (Wildman–Crippen MR) is 105 cm³/mol. The van der Waals surface area contributed by atoms with Crippen LogP contribution in [0.15, 0.2) is 53.4 Å². The molecule has 1 N–H and O–H groups in total. The van der Waals surface area contributed by atoms with Crippen molar-refractivity contribution in [3.8, 4) is 0 Å². The van der Waals surface area contributed by atoms with E-state index in [0.717, 1.165) is 5.56 Å². The summed E-state index contributed by atoms with van der Waals surface area (Å²) >= 11 is 5.84. The van der Waals surface area contributed by atoms with E-state index >= 15 is 0 Å². The molecule has 0 radical (unpaired) electrons. The van der Waals surface area contributed by atoms with E-state index < -0.39 is 10.0 Å². The van der Waals surface area contributed by atoms with Gasteiger partial charge in [-0.25, -0.2) is 8.42 Å². The summed E-state index contributed by atoms with van der Waals surface area (Å²) in [6.07, 6.45) is 0.943. The highest BCUT2D eigenvalue weighted by atomic mass is 35.5. The van der Waals surface area contributed by atoms with Crippen LogP contribution < -0.4 is 5.32 Å². The van der Waals surface area contributed by atoms with E-state index in [2.05, 4.69) is 5.32 Å². The lowest BCUT2D eigenvalue weighted by Crippen LogP contribution is -2.30. The molecule has 0 bridgehead atoms. The Morgan fingerprint density at radius 2 is 1.58 bits per heavy atom. The van der Waals surface area contributed by atoms with E-state index in [1.165, 1.54) is 16.4 Å². The number of anilines is 1. The molecule has 0 saturated heterocycles. The number of carbonyl (C=O) groups excluding carboxylic acids is 1. The highest BCUT2D eigenvalue weighted by molar-refractivity contribution is 7.89. The van der Waals surface area contributed by atoms with Crippen molar-refractivity contribution in [1.82, 2.24) is 4.31 Å². The molecule has 0 saturated carbocycles. The lowest BCUT2D eigenvalue weighted by Gasteiger charge is -2.18. The highest BCUT2D eigenvalue weighted by Gasteiger charge is 2.21. The van der Waals surface area contributed by atoms with Gasteiger partial charge in [0.25, 0.3) is 0 Å². The Bertz CT molecular complexity index is 830. The molecule has 26 heavy (non-hydrogen) atoms. The summed E-state index contributed by atoms with van der Waals surface area (Å²) < 4.78 is 26.3. The number of benzene rings is 2. The van der Waals surface area contributed by atoms with Gasteiger partial charge in [-0.3, -0.25) is 4.79 Å². The molecule has 1 amide bonds. The summed E-state index contributed by atoms with van der Waals surface area (Å²) in [7, 11) is -3.49. The second-order valence-electron chi connectivity index (χ2n) is 5.79. The smallest absolute Gasteiger partial charge is 0.243 e. The van der Waals surface area contributed by atoms with Crippen molar-refractivity contribution in [2.75, 3.05) is 18.4 Å². The SMILES string of the molecule is CCN(CC)S(=O)(=O)c1ccc(NC(=O)CCc2ccc(Cl)cc2)cc1. The Balaban J connectivity index is 1.96. The van der Waals surface area contributed by atoms with Crippen molar-refractivity contribution in [1.29, 1.82) is 0 Å². The summed E-state index contributed by atoms with van der Waals surface area (Å²) in [6, 6.07) is 13.6. The number of sulfonamides is 1. The number of rotatable bonds is 8. The van der Waals surface area contributed by atoms with Crippen LogP contribution in [-0.4, -0.2) is 31.7 Å². The standard InChI is InChI=1S/C19H23ClN2O3S/c1-3-22(4-2)26(24,25)18-12-10-17(11-13-18)21-19(23)14-7-15-5-8-16(20)9-6-15/h5-6,8-13H,3-4,7,14H2,1-2H3,(H,21,23). The molecule has 0 unspecified atom stereocenters. The van der Waals surface area contributed by atoms with Gasteiger partial charge in [0.1, 0.15) is 0 Å². The number of hydrogen-bond donors (Lipinski definition) is 1. The highest BCUT2D eigenvalue weighted by Crippen LogP contribution is 2.18. The summed E-state index contributed by atoms with van der Waals surface area (Å²) in [5.41, 5.74) is 1.61. The van der Waals surface area contributed by atoms with Crippen molar-refractivity contribution in [2.45, 2.75) is 31.6 Å². The van der Waals surface area contributed by atoms with Crippen molar-refractivity contribution in [3.05, 3.63) is 59.1 Å². The third kappa shape index (κ3) is 5.30. The Labute approximate surface area is 160 Å². The molecule has 0 aromatic heterocycles. The molecule has 2 rings (SSSR count). The number of nitrogens with one attached hydrogen (secondary N) is 1. The average Bonchev–Trinajstić information content (AvgIpc) is 2.62. The van der Waals surface area contributed by atoms with Gasteiger partial charge in [-0.1, -0.05) is 37.6 Å². The number of hydrogen-bond acceptors (Lipinski definition) is 3. The lowest BCUT2D eigenvalue weighted by atomic mass is 10.1. The quantitative estimate of drug-likeness (QED) is 0.737. The molecule has 0 aliphatic heterocycles. The van der Waals surface area contributed by atoms with Crippen LogP contribution in [0, 0.1) is 0 Å². The zero-order valence-electron chi connectivity index (χ0n) is 14.9. The largest absolute Gasteiger partial charge is 0.326 e. The van der Waals surface area contributed by atoms with E-state index in [-0.39, 0.29) is 10.8 Å². The fourth-order valence-electron chi connectivity index (χ4n) is 2.56. The lowest BCUT2D eigenvalue weighted by molar-refractivity contribution is -0.116. The first-order chi connectivity index (χ1) is 12.4. The van der Waals surface area contributed by atoms with Crippen molar-refractivity contribution < 1.29 is 13.2 Å². The van der Waals surface area contributed by atoms with Crippen LogP contribution in [0.25, 0.3) is 0 Å². The van der Waals surface area contributed by atoms with Crippen LogP contribution in [0.5, 0.6) is 0 Å². The molecular formula is C19H23ClN2O3S. The zero-order valence-corrected chi connectivity index (χ0v) is 16.5. The molecule has 2 aromatic rings. The first-order valence-electron chi connectivity index (χ1n) is 8.51. The van der Waals surface area contributed by atoms with Crippen LogP contribution in [0.2, 0.25) is 5.02 Å². The third-order valence-electron chi connectivity index (χ3n) is 4.04. The fourth-order valence-corrected chi connectivity index (χ4v) is 4.14. The van der Waals surface area contributed by atoms with Gasteiger partial charge in [-0.05, 0) is 48.4 Å². The Kier molecular flexibility index (Phi) is 7.20. The topological polar surface area (TPSA) is 66.5 Å². The summed E-state index contributed by atoms with van der Waals surface area (Å²) in [4.78, 5) is 12.3. The third-order valence-corrected chi connectivity index (χ3v) is 6.35. The molecule has 140 valence electrons. The molecule has 0 aliphatic carbocycles. The zero-order chi connectivity index (χ0) is 19.2. The number of nitrogens with zero attached hydrogens (tertiary/aromatic N) is 1. The Morgan fingerprint density at radius 3 is 2.12 bits per heavy atom. The number of carbonyl (C=O) groups is 1. The second-order valence-corrected chi connectivity index (χ2v) is 8.16. The maximum atomic E-state index is 12.4. The normalized spacial score (nSPS) is 11.5. The van der Waals surface area contributed by atoms with Crippen molar-refractivity contribution in [3.63, 3.8) is 0 Å². The minimum Gasteiger partial charge on any atom is -0.326 e. The molecule has 0 fully saturated rings. The first kappa shape index (κ1) is 20.4. The summed E-state index contributed by atoms with van der Waals surface area (Å²) in [5, 5.41) is 3.45. The molecule has 0 heterocycles. The number of amides is 1. The Morgan fingerprint density at radius 1 is 1.00 bits per heavy atom. The van der Waals surface area contributed by atoms with Gasteiger partial charge in [0.15, 0.2) is 0 Å². The van der Waals surface area contributed by atoms with E-state index in [1.807, 2.05) is 12.1 Å². The van der Waals surface area contributed by atoms with Gasteiger partial charge >= 0.3 is 0 Å². The summed E-state index contributed by atoms with van der Waals surface area (Å²) in [6.45, 7) is 4.44. The molecule has 5 nitrogen and oxygen atoms in total. The van der Waals surface area contributed by atoms with E-state index in [1.54, 1.807) is 38.1 Å². The van der Waals surface area contributed by atoms with Crippen LogP contribution in [0.1, 0.15) is 25.8 Å². The maximum Gasteiger partial charge on any atom is 0.243 e. The fraction of sp³-hybridized carbons (Fsp3) is 0.316. The molecular weight excluding hydrogens is 372 g/mol. The van der Waals surface area contributed by atoms with Crippen LogP contribution in [0.4, 0.5) is 5.69 Å². The van der Waals surface area contributed by atoms with Gasteiger partial charge in [0.2, 0.25) is 15.9 Å². The minimum atomic E-state index is -3.49. The predicted octanol–water partition coefficient (Wildman–Crippen LogP) is 3.94. The molecule has 2 aromatic carbocycles. The van der Waals surface area contributed by atoms with E-state index in [0.29, 0.717) is 36.6 Å². The van der Waals surface area contributed by atoms with E-state index in [9.17, 15) is 13.2 Å². The minimum absolute atomic E-state index is 0.126. The number of aryl methyl sites for hydroxylation is 1.